The second kappa shape index (κ2) is 8.52. The molecule has 0 saturated carbocycles. The number of piperidine rings is 2. The minimum atomic E-state index is 0.0785. The fourth-order valence-corrected chi connectivity index (χ4v) is 7.08. The second-order valence-electron chi connectivity index (χ2n) is 8.93. The average Bonchev–Trinajstić information content (AvgIpc) is 3.02. The molecular formula is C22H31BrClN3O. The van der Waals surface area contributed by atoms with E-state index < -0.39 is 0 Å². The Hall–Kier alpha value is -0.170. The van der Waals surface area contributed by atoms with Gasteiger partial charge in [0, 0.05) is 61.2 Å². The molecule has 4 fully saturated rings. The summed E-state index contributed by atoms with van der Waals surface area (Å²) < 4.78 is 5.73. The molecule has 0 aromatic heterocycles. The highest BCUT2D eigenvalue weighted by Gasteiger charge is 2.55. The monoisotopic (exact) mass is 467 g/mol. The van der Waals surface area contributed by atoms with Crippen LogP contribution in [-0.4, -0.2) is 59.7 Å². The molecule has 0 spiro atoms. The van der Waals surface area contributed by atoms with Crippen molar-refractivity contribution in [3.8, 4) is 0 Å². The van der Waals surface area contributed by atoms with E-state index in [0.717, 1.165) is 45.6 Å². The molecule has 154 valence electrons. The van der Waals surface area contributed by atoms with Crippen molar-refractivity contribution in [2.24, 2.45) is 11.8 Å². The van der Waals surface area contributed by atoms with Crippen molar-refractivity contribution in [2.45, 2.75) is 60.2 Å². The third-order valence-corrected chi connectivity index (χ3v) is 8.44. The number of benzene rings is 1. The third kappa shape index (κ3) is 3.67. The molecule has 4 saturated heterocycles. The van der Waals surface area contributed by atoms with Crippen LogP contribution in [0.1, 0.15) is 37.3 Å². The number of nitrogens with one attached hydrogen (secondary N) is 2. The lowest BCUT2D eigenvalue weighted by Crippen LogP contribution is -2.54. The summed E-state index contributed by atoms with van der Waals surface area (Å²) in [6.45, 7) is 3.87. The molecule has 4 heterocycles. The Kier molecular flexibility index (Phi) is 6.02. The normalized spacial score (nSPS) is 40.6. The minimum Gasteiger partial charge on any atom is -0.381 e. The Morgan fingerprint density at radius 2 is 1.82 bits per heavy atom. The molecule has 1 aromatic carbocycles. The summed E-state index contributed by atoms with van der Waals surface area (Å²) in [5, 5.41) is 7.43. The smallest absolute Gasteiger partial charge is 0.0840 e. The van der Waals surface area contributed by atoms with E-state index in [1.165, 1.54) is 12.0 Å². The van der Waals surface area contributed by atoms with Crippen LogP contribution in [0.3, 0.4) is 0 Å². The molecule has 0 radical (unpaired) electrons. The first kappa shape index (κ1) is 19.8. The van der Waals surface area contributed by atoms with Gasteiger partial charge in [0.1, 0.15) is 0 Å². The number of rotatable bonds is 3. The summed E-state index contributed by atoms with van der Waals surface area (Å²) in [5.41, 5.74) is 1.55. The first-order valence-corrected chi connectivity index (χ1v) is 12.2. The third-order valence-electron chi connectivity index (χ3n) is 7.41. The van der Waals surface area contributed by atoms with Gasteiger partial charge in [0.05, 0.1) is 5.50 Å². The summed E-state index contributed by atoms with van der Waals surface area (Å²) >= 11 is 10.5. The van der Waals surface area contributed by atoms with Crippen LogP contribution in [0.5, 0.6) is 0 Å². The van der Waals surface area contributed by atoms with Crippen LogP contribution < -0.4 is 10.6 Å². The zero-order valence-corrected chi connectivity index (χ0v) is 18.6. The van der Waals surface area contributed by atoms with E-state index >= 15 is 0 Å². The maximum atomic E-state index is 6.62. The predicted octanol–water partition coefficient (Wildman–Crippen LogP) is 3.51. The average molecular weight is 469 g/mol. The van der Waals surface area contributed by atoms with Crippen molar-refractivity contribution in [3.05, 3.63) is 35.9 Å². The van der Waals surface area contributed by atoms with E-state index in [-0.39, 0.29) is 5.50 Å². The van der Waals surface area contributed by atoms with E-state index in [0.29, 0.717) is 40.8 Å². The van der Waals surface area contributed by atoms with Crippen molar-refractivity contribution in [3.63, 3.8) is 0 Å². The van der Waals surface area contributed by atoms with Crippen LogP contribution in [0, 0.1) is 11.8 Å². The zero-order chi connectivity index (χ0) is 19.1. The topological polar surface area (TPSA) is 36.5 Å². The fraction of sp³-hybridized carbons (Fsp3) is 0.727. The van der Waals surface area contributed by atoms with Crippen molar-refractivity contribution < 1.29 is 4.74 Å². The van der Waals surface area contributed by atoms with Crippen LogP contribution >= 0.6 is 27.5 Å². The molecule has 4 aliphatic rings. The van der Waals surface area contributed by atoms with E-state index in [2.05, 4.69) is 61.8 Å². The SMILES string of the molecule is ClC1CC2C(CN1)C1NCC(Br)CC1N2[C@H](c1ccccc1)C1CCOCC1. The highest BCUT2D eigenvalue weighted by atomic mass is 79.9. The predicted molar refractivity (Wildman–Crippen MR) is 117 cm³/mol. The second-order valence-corrected chi connectivity index (χ2v) is 10.8. The number of hydrogen-bond donors (Lipinski definition) is 2. The number of hydrogen-bond acceptors (Lipinski definition) is 4. The van der Waals surface area contributed by atoms with Crippen molar-refractivity contribution in [1.29, 1.82) is 0 Å². The molecule has 4 aliphatic heterocycles. The molecule has 6 heteroatoms. The molecular weight excluding hydrogens is 438 g/mol. The van der Waals surface area contributed by atoms with Gasteiger partial charge in [-0.2, -0.15) is 0 Å². The highest BCUT2D eigenvalue weighted by Crippen LogP contribution is 2.48. The Morgan fingerprint density at radius 1 is 1.04 bits per heavy atom. The fourth-order valence-electron chi connectivity index (χ4n) is 6.24. The molecule has 0 amide bonds. The van der Waals surface area contributed by atoms with Gasteiger partial charge in [0.25, 0.3) is 0 Å². The number of ether oxygens (including phenoxy) is 1. The van der Waals surface area contributed by atoms with Gasteiger partial charge in [0.15, 0.2) is 0 Å². The quantitative estimate of drug-likeness (QED) is 0.526. The lowest BCUT2D eigenvalue weighted by molar-refractivity contribution is -0.00177. The van der Waals surface area contributed by atoms with Crippen LogP contribution in [0.15, 0.2) is 30.3 Å². The summed E-state index contributed by atoms with van der Waals surface area (Å²) in [6.07, 6.45) is 4.54. The van der Waals surface area contributed by atoms with Gasteiger partial charge in [-0.25, -0.2) is 0 Å². The van der Waals surface area contributed by atoms with Crippen LogP contribution in [0.4, 0.5) is 0 Å². The van der Waals surface area contributed by atoms with Gasteiger partial charge < -0.3 is 15.4 Å². The van der Waals surface area contributed by atoms with E-state index in [1.807, 2.05) is 0 Å². The number of halogens is 2. The Morgan fingerprint density at radius 3 is 2.61 bits per heavy atom. The van der Waals surface area contributed by atoms with Gasteiger partial charge in [-0.3, -0.25) is 4.90 Å². The lowest BCUT2D eigenvalue weighted by atomic mass is 9.84. The van der Waals surface area contributed by atoms with Gasteiger partial charge in [-0.05, 0) is 37.2 Å². The van der Waals surface area contributed by atoms with Crippen molar-refractivity contribution in [2.75, 3.05) is 26.3 Å². The Balaban J connectivity index is 1.54. The Labute approximate surface area is 181 Å². The van der Waals surface area contributed by atoms with Crippen molar-refractivity contribution >= 4 is 27.5 Å². The van der Waals surface area contributed by atoms with Crippen LogP contribution in [0.2, 0.25) is 0 Å². The molecule has 7 atom stereocenters. The highest BCUT2D eigenvalue weighted by molar-refractivity contribution is 9.09. The van der Waals surface area contributed by atoms with Crippen LogP contribution in [0.25, 0.3) is 0 Å². The Bertz CT molecular complexity index is 632. The summed E-state index contributed by atoms with van der Waals surface area (Å²) in [5.74, 6) is 1.28. The van der Waals surface area contributed by atoms with E-state index in [1.54, 1.807) is 0 Å². The van der Waals surface area contributed by atoms with Gasteiger partial charge >= 0.3 is 0 Å². The molecule has 1 aromatic rings. The number of likely N-dealkylation sites (tertiary alicyclic amines) is 1. The molecule has 6 unspecified atom stereocenters. The van der Waals surface area contributed by atoms with Crippen LogP contribution in [-0.2, 0) is 4.74 Å². The molecule has 0 aliphatic carbocycles. The summed E-state index contributed by atoms with van der Waals surface area (Å²) in [7, 11) is 0. The lowest BCUT2D eigenvalue weighted by Gasteiger charge is -2.46. The molecule has 4 nitrogen and oxygen atoms in total. The first-order valence-electron chi connectivity index (χ1n) is 10.9. The van der Waals surface area contributed by atoms with Gasteiger partial charge in [-0.15, -0.1) is 11.6 Å². The standard InChI is InChI=1S/C22H31BrClN3O/c23-16-10-19-21(26-12-16)17-13-25-20(24)11-18(17)27(19)22(14-4-2-1-3-5-14)15-6-8-28-9-7-15/h1-5,15-22,25-26H,6-13H2/t16?,17?,18?,19?,20?,21?,22-/m1/s1. The largest absolute Gasteiger partial charge is 0.381 e. The maximum Gasteiger partial charge on any atom is 0.0840 e. The van der Waals surface area contributed by atoms with Gasteiger partial charge in [-0.1, -0.05) is 46.3 Å². The summed E-state index contributed by atoms with van der Waals surface area (Å²) in [6, 6.07) is 13.3. The number of nitrogens with zero attached hydrogens (tertiary/aromatic N) is 1. The molecule has 2 N–H and O–H groups in total. The minimum absolute atomic E-state index is 0.0785. The van der Waals surface area contributed by atoms with Gasteiger partial charge in [0.2, 0.25) is 0 Å². The number of alkyl halides is 2. The number of fused-ring (bicyclic) bond motifs is 3. The van der Waals surface area contributed by atoms with Crippen molar-refractivity contribution in [1.82, 2.24) is 15.5 Å². The first-order chi connectivity index (χ1) is 13.7. The molecule has 0 bridgehead atoms. The maximum absolute atomic E-state index is 6.62. The molecule has 28 heavy (non-hydrogen) atoms. The van der Waals surface area contributed by atoms with E-state index in [9.17, 15) is 0 Å². The zero-order valence-electron chi connectivity index (χ0n) is 16.3. The summed E-state index contributed by atoms with van der Waals surface area (Å²) in [4.78, 5) is 3.44. The van der Waals surface area contributed by atoms with E-state index in [4.69, 9.17) is 16.3 Å². The molecule has 5 rings (SSSR count).